The molecule has 132 valence electrons. The van der Waals surface area contributed by atoms with Gasteiger partial charge in [-0.15, -0.1) is 0 Å². The van der Waals surface area contributed by atoms with Gasteiger partial charge in [-0.25, -0.2) is 13.4 Å². The van der Waals surface area contributed by atoms with Crippen molar-refractivity contribution in [3.05, 3.63) is 48.2 Å². The molecule has 0 spiro atoms. The topological polar surface area (TPSA) is 85.8 Å². The van der Waals surface area contributed by atoms with Crippen LogP contribution in [0.4, 0.5) is 0 Å². The van der Waals surface area contributed by atoms with Gasteiger partial charge in [0, 0.05) is 19.3 Å². The fourth-order valence-corrected chi connectivity index (χ4v) is 4.30. The lowest BCUT2D eigenvalue weighted by atomic mass is 10.1. The third-order valence-corrected chi connectivity index (χ3v) is 6.26. The zero-order valence-electron chi connectivity index (χ0n) is 13.9. The molecule has 0 radical (unpaired) electrons. The Balaban J connectivity index is 1.71. The monoisotopic (exact) mass is 362 g/mol. The van der Waals surface area contributed by atoms with Gasteiger partial charge in [-0.3, -0.25) is 4.79 Å². The molecule has 1 aliphatic heterocycles. The summed E-state index contributed by atoms with van der Waals surface area (Å²) in [5.41, 5.74) is 0.324. The second-order valence-electron chi connectivity index (χ2n) is 5.61. The van der Waals surface area contributed by atoms with Gasteiger partial charge in [-0.05, 0) is 36.4 Å². The fourth-order valence-electron chi connectivity index (χ4n) is 2.64. The molecule has 3 rings (SSSR count). The summed E-state index contributed by atoms with van der Waals surface area (Å²) in [7, 11) is -0.532. The number of methoxy groups -OCH3 is 2. The predicted molar refractivity (Wildman–Crippen MR) is 90.7 cm³/mol. The largest absolute Gasteiger partial charge is 0.497 e. The third kappa shape index (κ3) is 3.17. The second-order valence-corrected chi connectivity index (χ2v) is 7.84. The van der Waals surface area contributed by atoms with Crippen LogP contribution in [0.3, 0.4) is 0 Å². The van der Waals surface area contributed by atoms with Crippen LogP contribution in [0.5, 0.6) is 11.6 Å². The van der Waals surface area contributed by atoms with Crippen molar-refractivity contribution >= 4 is 15.7 Å². The Labute approximate surface area is 146 Å². The van der Waals surface area contributed by atoms with Crippen molar-refractivity contribution < 1.29 is 22.7 Å². The van der Waals surface area contributed by atoms with Crippen LogP contribution in [-0.4, -0.2) is 56.8 Å². The van der Waals surface area contributed by atoms with Crippen molar-refractivity contribution in [3.63, 3.8) is 0 Å². The van der Waals surface area contributed by atoms with E-state index in [0.29, 0.717) is 11.3 Å². The van der Waals surface area contributed by atoms with Crippen LogP contribution < -0.4 is 9.47 Å². The minimum atomic E-state index is -3.49. The highest BCUT2D eigenvalue weighted by molar-refractivity contribution is 7.92. The standard InChI is InChI=1S/C17H18N2O5S/c1-23-12-5-7-13(8-6-12)25(21,22)14-10-19(11-14)17(20)15-4-3-9-18-16(15)24-2/h3-9,14H,10-11H2,1-2H3. The third-order valence-electron chi connectivity index (χ3n) is 4.16. The molecule has 25 heavy (non-hydrogen) atoms. The van der Waals surface area contributed by atoms with E-state index in [9.17, 15) is 13.2 Å². The molecule has 1 saturated heterocycles. The molecule has 7 nitrogen and oxygen atoms in total. The highest BCUT2D eigenvalue weighted by atomic mass is 32.2. The molecule has 2 aromatic rings. The molecule has 0 bridgehead atoms. The van der Waals surface area contributed by atoms with Crippen LogP contribution in [0.1, 0.15) is 10.4 Å². The van der Waals surface area contributed by atoms with E-state index in [4.69, 9.17) is 9.47 Å². The van der Waals surface area contributed by atoms with E-state index in [1.54, 1.807) is 24.3 Å². The molecule has 0 N–H and O–H groups in total. The highest BCUT2D eigenvalue weighted by Crippen LogP contribution is 2.27. The Hall–Kier alpha value is -2.61. The van der Waals surface area contributed by atoms with Crippen molar-refractivity contribution in [2.45, 2.75) is 10.1 Å². The van der Waals surface area contributed by atoms with E-state index in [0.717, 1.165) is 0 Å². The van der Waals surface area contributed by atoms with E-state index in [1.165, 1.54) is 37.4 Å². The van der Waals surface area contributed by atoms with Crippen molar-refractivity contribution in [3.8, 4) is 11.6 Å². The van der Waals surface area contributed by atoms with Gasteiger partial charge in [0.05, 0.1) is 19.1 Å². The van der Waals surface area contributed by atoms with Gasteiger partial charge in [-0.2, -0.15) is 0 Å². The van der Waals surface area contributed by atoms with Gasteiger partial charge >= 0.3 is 0 Å². The first-order valence-electron chi connectivity index (χ1n) is 7.63. The van der Waals surface area contributed by atoms with E-state index in [2.05, 4.69) is 4.98 Å². The van der Waals surface area contributed by atoms with Crippen LogP contribution in [0.15, 0.2) is 47.5 Å². The van der Waals surface area contributed by atoms with Gasteiger partial charge in [0.25, 0.3) is 5.91 Å². The molecule has 0 saturated carbocycles. The van der Waals surface area contributed by atoms with Crippen LogP contribution in [0, 0.1) is 0 Å². The molecule has 1 aromatic carbocycles. The number of amides is 1. The maximum Gasteiger partial charge on any atom is 0.259 e. The summed E-state index contributed by atoms with van der Waals surface area (Å²) < 4.78 is 35.4. The Kier molecular flexibility index (Phi) is 4.63. The maximum absolute atomic E-state index is 12.6. The summed E-state index contributed by atoms with van der Waals surface area (Å²) in [6.45, 7) is 0.288. The average molecular weight is 362 g/mol. The number of carbonyl (C=O) groups is 1. The van der Waals surface area contributed by atoms with E-state index >= 15 is 0 Å². The number of benzene rings is 1. The Morgan fingerprint density at radius 2 is 1.80 bits per heavy atom. The molecule has 1 aromatic heterocycles. The lowest BCUT2D eigenvalue weighted by Crippen LogP contribution is -2.56. The summed E-state index contributed by atoms with van der Waals surface area (Å²) in [6, 6.07) is 9.50. The fraction of sp³-hybridized carbons (Fsp3) is 0.294. The number of hydrogen-bond donors (Lipinski definition) is 0. The predicted octanol–water partition coefficient (Wildman–Crippen LogP) is 1.40. The molecular weight excluding hydrogens is 344 g/mol. The van der Waals surface area contributed by atoms with Crippen LogP contribution >= 0.6 is 0 Å². The van der Waals surface area contributed by atoms with Crippen molar-refractivity contribution in [1.29, 1.82) is 0 Å². The zero-order valence-corrected chi connectivity index (χ0v) is 14.7. The van der Waals surface area contributed by atoms with Gasteiger partial charge in [0.1, 0.15) is 16.6 Å². The molecule has 0 atom stereocenters. The SMILES string of the molecule is COc1ccc(S(=O)(=O)C2CN(C(=O)c3cccnc3OC)C2)cc1. The first-order chi connectivity index (χ1) is 12.0. The van der Waals surface area contributed by atoms with E-state index < -0.39 is 15.1 Å². The van der Waals surface area contributed by atoms with Crippen LogP contribution in [0.25, 0.3) is 0 Å². The molecule has 0 unspecified atom stereocenters. The average Bonchev–Trinajstić information content (AvgIpc) is 2.60. The Morgan fingerprint density at radius 1 is 1.12 bits per heavy atom. The molecule has 0 aliphatic carbocycles. The number of ether oxygens (including phenoxy) is 2. The molecular formula is C17H18N2O5S. The number of nitrogens with zero attached hydrogens (tertiary/aromatic N) is 2. The summed E-state index contributed by atoms with van der Waals surface area (Å²) in [6.07, 6.45) is 1.53. The van der Waals surface area contributed by atoms with Crippen LogP contribution in [0.2, 0.25) is 0 Å². The normalized spacial score (nSPS) is 14.7. The van der Waals surface area contributed by atoms with Gasteiger partial charge < -0.3 is 14.4 Å². The van der Waals surface area contributed by atoms with Gasteiger partial charge in [0.2, 0.25) is 5.88 Å². The first kappa shape index (κ1) is 17.2. The lowest BCUT2D eigenvalue weighted by Gasteiger charge is -2.38. The molecule has 1 fully saturated rings. The summed E-state index contributed by atoms with van der Waals surface area (Å²) in [5.74, 6) is 0.535. The maximum atomic E-state index is 12.6. The number of hydrogen-bond acceptors (Lipinski definition) is 6. The number of rotatable bonds is 5. The highest BCUT2D eigenvalue weighted by Gasteiger charge is 2.41. The number of pyridine rings is 1. The summed E-state index contributed by atoms with van der Waals surface area (Å²) >= 11 is 0. The van der Waals surface area contributed by atoms with E-state index in [-0.39, 0.29) is 29.8 Å². The van der Waals surface area contributed by atoms with Crippen molar-refractivity contribution in [1.82, 2.24) is 9.88 Å². The minimum Gasteiger partial charge on any atom is -0.497 e. The number of sulfone groups is 1. The molecule has 1 aliphatic rings. The number of aromatic nitrogens is 1. The number of likely N-dealkylation sites (tertiary alicyclic amines) is 1. The van der Waals surface area contributed by atoms with Crippen LogP contribution in [-0.2, 0) is 9.84 Å². The van der Waals surface area contributed by atoms with Crippen molar-refractivity contribution in [2.75, 3.05) is 27.3 Å². The zero-order chi connectivity index (χ0) is 18.0. The Morgan fingerprint density at radius 3 is 2.40 bits per heavy atom. The Bertz CT molecular complexity index is 874. The van der Waals surface area contributed by atoms with Gasteiger partial charge in [0.15, 0.2) is 9.84 Å². The molecule has 2 heterocycles. The molecule has 8 heteroatoms. The minimum absolute atomic E-state index is 0.144. The first-order valence-corrected chi connectivity index (χ1v) is 9.18. The smallest absolute Gasteiger partial charge is 0.259 e. The van der Waals surface area contributed by atoms with Crippen molar-refractivity contribution in [2.24, 2.45) is 0 Å². The van der Waals surface area contributed by atoms with E-state index in [1.807, 2.05) is 0 Å². The van der Waals surface area contributed by atoms with Gasteiger partial charge in [-0.1, -0.05) is 0 Å². The summed E-state index contributed by atoms with van der Waals surface area (Å²) in [4.78, 5) is 18.2. The molecule has 1 amide bonds. The number of carbonyl (C=O) groups excluding carboxylic acids is 1. The lowest BCUT2D eigenvalue weighted by molar-refractivity contribution is 0.0654. The quantitative estimate of drug-likeness (QED) is 0.799. The second kappa shape index (κ2) is 6.72. The summed E-state index contributed by atoms with van der Waals surface area (Å²) in [5, 5.41) is -0.618.